The Balaban J connectivity index is 1.55. The van der Waals surface area contributed by atoms with Gasteiger partial charge in [-0.25, -0.2) is 13.2 Å². The standard InChI is InChI=1S/C24H22ClNO5S/c25-20-11-12-21(22(14-20)31-15-17-7-9-18(10-8-17)24(27)28)26-32(29,30)23-4-2-1-3-19(23)13-16-5-6-16/h1-4,7-12,14,16,26H,5-6,13,15H2,(H,27,28). The number of rotatable bonds is 9. The summed E-state index contributed by atoms with van der Waals surface area (Å²) < 4.78 is 34.8. The van der Waals surface area contributed by atoms with Gasteiger partial charge in [0.15, 0.2) is 0 Å². The van der Waals surface area contributed by atoms with Crippen molar-refractivity contribution in [3.63, 3.8) is 0 Å². The Bertz CT molecular complexity index is 1240. The Hall–Kier alpha value is -3.03. The van der Waals surface area contributed by atoms with Crippen LogP contribution >= 0.6 is 11.6 Å². The summed E-state index contributed by atoms with van der Waals surface area (Å²) in [4.78, 5) is 11.3. The zero-order valence-electron chi connectivity index (χ0n) is 17.1. The molecule has 6 nitrogen and oxygen atoms in total. The molecular formula is C24H22ClNO5S. The SMILES string of the molecule is O=C(O)c1ccc(COc2cc(Cl)ccc2NS(=O)(=O)c2ccccc2CC2CC2)cc1. The molecule has 0 saturated heterocycles. The van der Waals surface area contributed by atoms with E-state index >= 15 is 0 Å². The number of aromatic carboxylic acids is 1. The van der Waals surface area contributed by atoms with E-state index in [1.165, 1.54) is 12.1 Å². The smallest absolute Gasteiger partial charge is 0.335 e. The number of nitrogens with one attached hydrogen (secondary N) is 1. The number of hydrogen-bond donors (Lipinski definition) is 2. The van der Waals surface area contributed by atoms with Crippen molar-refractivity contribution < 1.29 is 23.1 Å². The van der Waals surface area contributed by atoms with Gasteiger partial charge in [-0.15, -0.1) is 0 Å². The second-order valence-corrected chi connectivity index (χ2v) is 9.88. The Kier molecular flexibility index (Phi) is 6.39. The molecule has 0 spiro atoms. The van der Waals surface area contributed by atoms with Crippen LogP contribution in [0.5, 0.6) is 5.75 Å². The predicted octanol–water partition coefficient (Wildman–Crippen LogP) is 5.37. The summed E-state index contributed by atoms with van der Waals surface area (Å²) >= 11 is 6.11. The van der Waals surface area contributed by atoms with Gasteiger partial charge >= 0.3 is 5.97 Å². The molecule has 0 bridgehead atoms. The van der Waals surface area contributed by atoms with E-state index in [9.17, 15) is 13.2 Å². The molecule has 0 atom stereocenters. The van der Waals surface area contributed by atoms with Gasteiger partial charge in [0.2, 0.25) is 0 Å². The van der Waals surface area contributed by atoms with Gasteiger partial charge in [-0.3, -0.25) is 4.72 Å². The molecule has 0 amide bonds. The van der Waals surface area contributed by atoms with Crippen LogP contribution in [0.15, 0.2) is 71.6 Å². The minimum Gasteiger partial charge on any atom is -0.487 e. The number of benzene rings is 3. The van der Waals surface area contributed by atoms with Gasteiger partial charge in [0, 0.05) is 11.1 Å². The summed E-state index contributed by atoms with van der Waals surface area (Å²) in [5, 5.41) is 9.41. The average molecular weight is 472 g/mol. The fourth-order valence-corrected chi connectivity index (χ4v) is 4.86. The lowest BCUT2D eigenvalue weighted by molar-refractivity contribution is 0.0697. The third kappa shape index (κ3) is 5.41. The van der Waals surface area contributed by atoms with Crippen LogP contribution in [0.1, 0.15) is 34.3 Å². The summed E-state index contributed by atoms with van der Waals surface area (Å²) in [7, 11) is -3.83. The van der Waals surface area contributed by atoms with Crippen molar-refractivity contribution in [2.75, 3.05) is 4.72 Å². The number of carbonyl (C=O) groups is 1. The second kappa shape index (κ2) is 9.22. The molecule has 0 aromatic heterocycles. The van der Waals surface area contributed by atoms with Crippen LogP contribution in [0, 0.1) is 5.92 Å². The molecule has 0 unspecified atom stereocenters. The van der Waals surface area contributed by atoms with Crippen LogP contribution in [0.3, 0.4) is 0 Å². The highest BCUT2D eigenvalue weighted by molar-refractivity contribution is 7.92. The van der Waals surface area contributed by atoms with Crippen molar-refractivity contribution in [3.05, 3.63) is 88.4 Å². The fraction of sp³-hybridized carbons (Fsp3) is 0.208. The lowest BCUT2D eigenvalue weighted by atomic mass is 10.1. The van der Waals surface area contributed by atoms with Crippen LogP contribution < -0.4 is 9.46 Å². The summed E-state index contributed by atoms with van der Waals surface area (Å²) in [6.45, 7) is 0.118. The second-order valence-electron chi connectivity index (χ2n) is 7.79. The van der Waals surface area contributed by atoms with E-state index in [1.54, 1.807) is 42.5 Å². The number of carboxylic acids is 1. The third-order valence-electron chi connectivity index (χ3n) is 5.25. The van der Waals surface area contributed by atoms with Gasteiger partial charge in [0.05, 0.1) is 16.1 Å². The van der Waals surface area contributed by atoms with Gasteiger partial charge in [0.1, 0.15) is 12.4 Å². The molecule has 1 aliphatic rings. The molecule has 3 aromatic carbocycles. The maximum Gasteiger partial charge on any atom is 0.335 e. The van der Waals surface area contributed by atoms with Crippen molar-refractivity contribution in [1.29, 1.82) is 0 Å². The molecule has 166 valence electrons. The Morgan fingerprint density at radius 3 is 2.47 bits per heavy atom. The minimum atomic E-state index is -3.83. The zero-order valence-corrected chi connectivity index (χ0v) is 18.7. The van der Waals surface area contributed by atoms with Crippen molar-refractivity contribution >= 4 is 33.3 Å². The number of anilines is 1. The van der Waals surface area contributed by atoms with E-state index < -0.39 is 16.0 Å². The van der Waals surface area contributed by atoms with Crippen molar-refractivity contribution in [3.8, 4) is 5.75 Å². The fourth-order valence-electron chi connectivity index (χ4n) is 3.37. The molecule has 8 heteroatoms. The maximum absolute atomic E-state index is 13.2. The third-order valence-corrected chi connectivity index (χ3v) is 6.95. The highest BCUT2D eigenvalue weighted by Gasteiger charge is 2.26. The number of halogens is 1. The first kappa shape index (κ1) is 22.2. The number of sulfonamides is 1. The van der Waals surface area contributed by atoms with E-state index in [1.807, 2.05) is 12.1 Å². The monoisotopic (exact) mass is 471 g/mol. The van der Waals surface area contributed by atoms with Crippen molar-refractivity contribution in [2.24, 2.45) is 5.92 Å². The Morgan fingerprint density at radius 2 is 1.78 bits per heavy atom. The molecular weight excluding hydrogens is 450 g/mol. The molecule has 0 radical (unpaired) electrons. The van der Waals surface area contributed by atoms with E-state index in [0.29, 0.717) is 10.9 Å². The van der Waals surface area contributed by atoms with Gasteiger partial charge in [-0.1, -0.05) is 41.9 Å². The predicted molar refractivity (Wildman–Crippen MR) is 123 cm³/mol. The highest BCUT2D eigenvalue weighted by Crippen LogP contribution is 2.35. The zero-order chi connectivity index (χ0) is 22.7. The van der Waals surface area contributed by atoms with Crippen LogP contribution in [0.4, 0.5) is 5.69 Å². The summed E-state index contributed by atoms with van der Waals surface area (Å²) in [5.41, 5.74) is 1.99. The first-order chi connectivity index (χ1) is 15.3. The van der Waals surface area contributed by atoms with Gasteiger partial charge in [-0.2, -0.15) is 0 Å². The Labute approximate surface area is 191 Å². The van der Waals surface area contributed by atoms with Crippen LogP contribution in [-0.4, -0.2) is 19.5 Å². The minimum absolute atomic E-state index is 0.118. The lowest BCUT2D eigenvalue weighted by Gasteiger charge is -2.16. The topological polar surface area (TPSA) is 92.7 Å². The molecule has 2 N–H and O–H groups in total. The maximum atomic E-state index is 13.2. The lowest BCUT2D eigenvalue weighted by Crippen LogP contribution is -2.16. The van der Waals surface area contributed by atoms with E-state index in [4.69, 9.17) is 21.4 Å². The molecule has 3 aromatic rings. The largest absolute Gasteiger partial charge is 0.487 e. The summed E-state index contributed by atoms with van der Waals surface area (Å²) in [6, 6.07) is 18.0. The first-order valence-corrected chi connectivity index (χ1v) is 12.0. The van der Waals surface area contributed by atoms with Gasteiger partial charge in [-0.05, 0) is 66.6 Å². The molecule has 32 heavy (non-hydrogen) atoms. The molecule has 0 aliphatic heterocycles. The highest BCUT2D eigenvalue weighted by atomic mass is 35.5. The quantitative estimate of drug-likeness (QED) is 0.437. The molecule has 1 aliphatic carbocycles. The van der Waals surface area contributed by atoms with E-state index in [-0.39, 0.29) is 28.5 Å². The van der Waals surface area contributed by atoms with E-state index in [0.717, 1.165) is 30.4 Å². The van der Waals surface area contributed by atoms with Crippen LogP contribution in [0.2, 0.25) is 5.02 Å². The van der Waals surface area contributed by atoms with E-state index in [2.05, 4.69) is 4.72 Å². The first-order valence-electron chi connectivity index (χ1n) is 10.2. The molecule has 0 heterocycles. The van der Waals surface area contributed by atoms with Crippen molar-refractivity contribution in [2.45, 2.75) is 30.8 Å². The number of carboxylic acid groups (broad SMARTS) is 1. The Morgan fingerprint density at radius 1 is 1.06 bits per heavy atom. The van der Waals surface area contributed by atoms with Crippen LogP contribution in [-0.2, 0) is 23.1 Å². The normalized spacial score (nSPS) is 13.5. The summed E-state index contributed by atoms with van der Waals surface area (Å²) in [6.07, 6.45) is 3.00. The van der Waals surface area contributed by atoms with Crippen molar-refractivity contribution in [1.82, 2.24) is 0 Å². The van der Waals surface area contributed by atoms with Gasteiger partial charge in [0.25, 0.3) is 10.0 Å². The average Bonchev–Trinajstić information content (AvgIpc) is 3.58. The number of ether oxygens (including phenoxy) is 1. The molecule has 1 saturated carbocycles. The molecule has 4 rings (SSSR count). The number of hydrogen-bond acceptors (Lipinski definition) is 4. The molecule has 1 fully saturated rings. The summed E-state index contributed by atoms with van der Waals surface area (Å²) in [5.74, 6) is -0.178. The van der Waals surface area contributed by atoms with Crippen LogP contribution in [0.25, 0.3) is 0 Å². The van der Waals surface area contributed by atoms with Gasteiger partial charge < -0.3 is 9.84 Å².